The Morgan fingerprint density at radius 3 is 2.61 bits per heavy atom. The van der Waals surface area contributed by atoms with Gasteiger partial charge in [0.2, 0.25) is 0 Å². The molecule has 2 N–H and O–H groups in total. The molecule has 1 heterocycles. The highest BCUT2D eigenvalue weighted by Crippen LogP contribution is 2.62. The summed E-state index contributed by atoms with van der Waals surface area (Å²) in [6, 6.07) is 6.87. The van der Waals surface area contributed by atoms with E-state index in [1.807, 2.05) is 0 Å². The summed E-state index contributed by atoms with van der Waals surface area (Å²) in [6.45, 7) is 4.89. The van der Waals surface area contributed by atoms with Gasteiger partial charge in [-0.15, -0.1) is 0 Å². The van der Waals surface area contributed by atoms with Gasteiger partial charge < -0.3 is 10.5 Å². The van der Waals surface area contributed by atoms with Gasteiger partial charge in [-0.1, -0.05) is 44.9 Å². The predicted octanol–water partition coefficient (Wildman–Crippen LogP) is 4.17. The molecule has 1 amide bonds. The molecule has 0 radical (unpaired) electrons. The van der Waals surface area contributed by atoms with E-state index in [-0.39, 0.29) is 17.4 Å². The average Bonchev–Trinajstić information content (AvgIpc) is 3.51. The fourth-order valence-electron chi connectivity index (χ4n) is 6.39. The van der Waals surface area contributed by atoms with Crippen LogP contribution in [0.2, 0.25) is 0 Å². The largest absolute Gasteiger partial charge is 0.381 e. The monoisotopic (exact) mass is 423 g/mol. The van der Waals surface area contributed by atoms with Gasteiger partial charge in [0.15, 0.2) is 11.5 Å². The first kappa shape index (κ1) is 21.0. The van der Waals surface area contributed by atoms with Crippen LogP contribution in [-0.4, -0.2) is 36.5 Å². The highest BCUT2D eigenvalue weighted by Gasteiger charge is 2.66. The number of benzene rings is 1. The van der Waals surface area contributed by atoms with E-state index in [9.17, 15) is 4.79 Å². The molecule has 2 saturated carbocycles. The SMILES string of the molecule is COC1CCC2(CC1)Cc1ccc(CCC3CC3)cc1C21N=C(N)N(CC(C)C)C1=O. The normalized spacial score (nSPS) is 32.4. The molecule has 4 aliphatic rings. The Hall–Kier alpha value is -1.88. The highest BCUT2D eigenvalue weighted by molar-refractivity contribution is 6.08. The highest BCUT2D eigenvalue weighted by atomic mass is 16.5. The molecule has 1 atom stereocenters. The first-order chi connectivity index (χ1) is 14.9. The molecular formula is C26H37N3O2. The first-order valence-electron chi connectivity index (χ1n) is 12.2. The van der Waals surface area contributed by atoms with Gasteiger partial charge >= 0.3 is 0 Å². The van der Waals surface area contributed by atoms with Gasteiger partial charge in [0, 0.05) is 19.1 Å². The summed E-state index contributed by atoms with van der Waals surface area (Å²) in [5, 5.41) is 0. The fraction of sp³-hybridized carbons (Fsp3) is 0.692. The van der Waals surface area contributed by atoms with Crippen molar-refractivity contribution in [3.8, 4) is 0 Å². The molecule has 0 saturated heterocycles. The number of fused-ring (bicyclic) bond motifs is 3. The number of carbonyl (C=O) groups is 1. The Balaban J connectivity index is 1.56. The zero-order chi connectivity index (χ0) is 21.8. The molecule has 1 aromatic rings. The van der Waals surface area contributed by atoms with Crippen molar-refractivity contribution < 1.29 is 9.53 Å². The van der Waals surface area contributed by atoms with Crippen LogP contribution in [0.25, 0.3) is 0 Å². The molecule has 1 unspecified atom stereocenters. The molecule has 1 aliphatic heterocycles. The maximum atomic E-state index is 14.2. The fourth-order valence-corrected chi connectivity index (χ4v) is 6.39. The van der Waals surface area contributed by atoms with Gasteiger partial charge in [-0.3, -0.25) is 9.69 Å². The van der Waals surface area contributed by atoms with Crippen molar-refractivity contribution >= 4 is 11.9 Å². The predicted molar refractivity (Wildman–Crippen MR) is 123 cm³/mol. The van der Waals surface area contributed by atoms with Crippen molar-refractivity contribution in [3.63, 3.8) is 0 Å². The molecule has 5 nitrogen and oxygen atoms in total. The van der Waals surface area contributed by atoms with Crippen LogP contribution < -0.4 is 5.73 Å². The third-order valence-corrected chi connectivity index (χ3v) is 8.28. The van der Waals surface area contributed by atoms with Crippen LogP contribution in [0.15, 0.2) is 23.2 Å². The molecule has 0 bridgehead atoms. The Bertz CT molecular complexity index is 896. The first-order valence-corrected chi connectivity index (χ1v) is 12.2. The van der Waals surface area contributed by atoms with Crippen molar-refractivity contribution in [1.82, 2.24) is 4.90 Å². The van der Waals surface area contributed by atoms with E-state index in [2.05, 4.69) is 32.0 Å². The number of aryl methyl sites for hydroxylation is 1. The van der Waals surface area contributed by atoms with Gasteiger partial charge in [0.1, 0.15) is 0 Å². The van der Waals surface area contributed by atoms with Crippen LogP contribution in [0.5, 0.6) is 0 Å². The standard InChI is InChI=1S/C26H37N3O2/c1-17(2)16-29-23(30)26(28-24(29)27)22-14-19(7-6-18-4-5-18)8-9-20(22)15-25(26)12-10-21(31-3)11-13-25/h8-9,14,17-18,21H,4-7,10-13,15-16H2,1-3H3,(H2,27,28). The molecule has 3 aliphatic carbocycles. The van der Waals surface area contributed by atoms with Gasteiger partial charge in [-0.2, -0.15) is 0 Å². The molecule has 5 heteroatoms. The summed E-state index contributed by atoms with van der Waals surface area (Å²) >= 11 is 0. The number of amides is 1. The molecule has 2 spiro atoms. The quantitative estimate of drug-likeness (QED) is 0.747. The molecule has 31 heavy (non-hydrogen) atoms. The minimum Gasteiger partial charge on any atom is -0.381 e. The lowest BCUT2D eigenvalue weighted by molar-refractivity contribution is -0.138. The number of ether oxygens (including phenoxy) is 1. The van der Waals surface area contributed by atoms with E-state index in [1.54, 1.807) is 12.0 Å². The van der Waals surface area contributed by atoms with Crippen molar-refractivity contribution in [2.45, 2.75) is 83.3 Å². The van der Waals surface area contributed by atoms with Gasteiger partial charge in [-0.25, -0.2) is 4.99 Å². The van der Waals surface area contributed by atoms with Crippen molar-refractivity contribution in [2.75, 3.05) is 13.7 Å². The molecule has 2 fully saturated rings. The summed E-state index contributed by atoms with van der Waals surface area (Å²) < 4.78 is 5.67. The van der Waals surface area contributed by atoms with Crippen LogP contribution in [0.4, 0.5) is 0 Å². The van der Waals surface area contributed by atoms with Crippen molar-refractivity contribution in [2.24, 2.45) is 28.0 Å². The molecular weight excluding hydrogens is 386 g/mol. The average molecular weight is 424 g/mol. The maximum absolute atomic E-state index is 14.2. The zero-order valence-electron chi connectivity index (χ0n) is 19.3. The Morgan fingerprint density at radius 2 is 1.97 bits per heavy atom. The van der Waals surface area contributed by atoms with E-state index in [4.69, 9.17) is 15.5 Å². The number of carbonyl (C=O) groups excluding carboxylic acids is 1. The van der Waals surface area contributed by atoms with E-state index in [0.29, 0.717) is 18.4 Å². The number of aliphatic imine (C=N–C) groups is 1. The third kappa shape index (κ3) is 3.31. The second-order valence-electron chi connectivity index (χ2n) is 10.9. The summed E-state index contributed by atoms with van der Waals surface area (Å²) in [6.07, 6.45) is 10.2. The summed E-state index contributed by atoms with van der Waals surface area (Å²) in [4.78, 5) is 21.0. The lowest BCUT2D eigenvalue weighted by atomic mass is 9.61. The summed E-state index contributed by atoms with van der Waals surface area (Å²) in [7, 11) is 1.80. The second-order valence-corrected chi connectivity index (χ2v) is 10.9. The summed E-state index contributed by atoms with van der Waals surface area (Å²) in [5.74, 6) is 1.76. The van der Waals surface area contributed by atoms with Crippen LogP contribution in [0.1, 0.15) is 75.5 Å². The number of hydrogen-bond acceptors (Lipinski definition) is 4. The lowest BCUT2D eigenvalue weighted by Gasteiger charge is -2.45. The third-order valence-electron chi connectivity index (χ3n) is 8.28. The van der Waals surface area contributed by atoms with E-state index in [0.717, 1.165) is 50.0 Å². The van der Waals surface area contributed by atoms with Crippen LogP contribution in [0, 0.1) is 17.3 Å². The maximum Gasteiger partial charge on any atom is 0.262 e. The lowest BCUT2D eigenvalue weighted by Crippen LogP contribution is -2.52. The number of nitrogens with zero attached hydrogens (tertiary/aromatic N) is 2. The number of nitrogens with two attached hydrogens (primary N) is 1. The van der Waals surface area contributed by atoms with Gasteiger partial charge in [0.05, 0.1) is 6.10 Å². The smallest absolute Gasteiger partial charge is 0.262 e. The Labute approximate surface area is 186 Å². The summed E-state index contributed by atoms with van der Waals surface area (Å²) in [5.41, 5.74) is 9.18. The van der Waals surface area contributed by atoms with Crippen molar-refractivity contribution in [1.29, 1.82) is 0 Å². The van der Waals surface area contributed by atoms with Crippen LogP contribution >= 0.6 is 0 Å². The van der Waals surface area contributed by atoms with Gasteiger partial charge in [0.25, 0.3) is 5.91 Å². The molecule has 0 aromatic heterocycles. The van der Waals surface area contributed by atoms with Crippen LogP contribution in [0.3, 0.4) is 0 Å². The van der Waals surface area contributed by atoms with Crippen molar-refractivity contribution in [3.05, 3.63) is 34.9 Å². The number of methoxy groups -OCH3 is 1. The van der Waals surface area contributed by atoms with E-state index < -0.39 is 5.54 Å². The van der Waals surface area contributed by atoms with Gasteiger partial charge in [-0.05, 0) is 73.5 Å². The van der Waals surface area contributed by atoms with Crippen LogP contribution in [-0.2, 0) is 27.9 Å². The minimum atomic E-state index is -0.852. The molecule has 5 rings (SSSR count). The number of rotatable bonds is 6. The number of guanidine groups is 1. The topological polar surface area (TPSA) is 67.9 Å². The Morgan fingerprint density at radius 1 is 1.23 bits per heavy atom. The molecule has 168 valence electrons. The minimum absolute atomic E-state index is 0.104. The second kappa shape index (κ2) is 7.61. The Kier molecular flexibility index (Phi) is 5.16. The van der Waals surface area contributed by atoms with E-state index in [1.165, 1.54) is 30.4 Å². The van der Waals surface area contributed by atoms with E-state index >= 15 is 0 Å². The zero-order valence-corrected chi connectivity index (χ0v) is 19.3. The molecule has 1 aromatic carbocycles. The number of hydrogen-bond donors (Lipinski definition) is 1.